The van der Waals surface area contributed by atoms with Crippen LogP contribution >= 0.6 is 0 Å². The van der Waals surface area contributed by atoms with Gasteiger partial charge < -0.3 is 11.1 Å². The molecule has 0 radical (unpaired) electrons. The van der Waals surface area contributed by atoms with E-state index in [1.807, 2.05) is 0 Å². The normalized spacial score (nSPS) is 11.7. The lowest BCUT2D eigenvalue weighted by Crippen LogP contribution is -2.13. The van der Waals surface area contributed by atoms with Gasteiger partial charge in [-0.3, -0.25) is 10.1 Å². The van der Waals surface area contributed by atoms with Gasteiger partial charge in [0, 0.05) is 19.2 Å². The molecule has 104 valence electrons. The Kier molecular flexibility index (Phi) is 4.98. The fraction of sp³-hybridized carbons (Fsp3) is 0.200. The van der Waals surface area contributed by atoms with Gasteiger partial charge in [0.25, 0.3) is 5.69 Å². The minimum atomic E-state index is -3.97. The molecule has 0 saturated heterocycles. The minimum absolute atomic E-state index is 0.207. The van der Waals surface area contributed by atoms with Crippen molar-refractivity contribution >= 4 is 21.4 Å². The molecule has 0 unspecified atom stereocenters. The largest absolute Gasteiger partial charge is 0.376 e. The average molecular weight is 286 g/mol. The molecule has 0 spiro atoms. The second-order valence-corrected chi connectivity index (χ2v) is 5.13. The van der Waals surface area contributed by atoms with Gasteiger partial charge in [-0.25, -0.2) is 13.6 Å². The smallest absolute Gasteiger partial charge is 0.293 e. The van der Waals surface area contributed by atoms with Gasteiger partial charge in [-0.05, 0) is 12.1 Å². The van der Waals surface area contributed by atoms with Crippen LogP contribution in [-0.4, -0.2) is 26.4 Å². The van der Waals surface area contributed by atoms with Crippen LogP contribution in [0.5, 0.6) is 0 Å². The standard InChI is InChI=1S/C10H14N4O4S/c11-5-1-2-6-13-9-4-3-8(19(12,17)18)7-10(9)14(15)16/h1-4,7,13H,5-6,11H2,(H2,12,17,18)/b2-1+. The highest BCUT2D eigenvalue weighted by Crippen LogP contribution is 2.26. The first-order valence-electron chi connectivity index (χ1n) is 5.26. The Bertz CT molecular complexity index is 598. The molecule has 5 N–H and O–H groups in total. The molecule has 0 amide bonds. The summed E-state index contributed by atoms with van der Waals surface area (Å²) in [6, 6.07) is 3.43. The SMILES string of the molecule is NC/C=C/CNc1ccc(S(N)(=O)=O)cc1[N+](=O)[O-]. The number of benzene rings is 1. The van der Waals surface area contributed by atoms with Crippen LogP contribution in [0.3, 0.4) is 0 Å². The summed E-state index contributed by atoms with van der Waals surface area (Å²) in [6.07, 6.45) is 3.40. The number of nitro groups is 1. The number of nitrogens with two attached hydrogens (primary N) is 2. The number of anilines is 1. The van der Waals surface area contributed by atoms with E-state index in [-0.39, 0.29) is 16.3 Å². The van der Waals surface area contributed by atoms with Crippen LogP contribution in [0.4, 0.5) is 11.4 Å². The first-order valence-corrected chi connectivity index (χ1v) is 6.81. The summed E-state index contributed by atoms with van der Waals surface area (Å²) >= 11 is 0. The molecule has 9 heteroatoms. The van der Waals surface area contributed by atoms with Crippen molar-refractivity contribution in [3.8, 4) is 0 Å². The quantitative estimate of drug-likeness (QED) is 0.386. The topological polar surface area (TPSA) is 141 Å². The molecule has 8 nitrogen and oxygen atoms in total. The Labute approximate surface area is 110 Å². The molecule has 1 rings (SSSR count). The summed E-state index contributed by atoms with van der Waals surface area (Å²) in [5, 5.41) is 18.6. The van der Waals surface area contributed by atoms with E-state index in [9.17, 15) is 18.5 Å². The van der Waals surface area contributed by atoms with Gasteiger partial charge in [-0.15, -0.1) is 0 Å². The summed E-state index contributed by atoms with van der Waals surface area (Å²) in [4.78, 5) is 9.90. The van der Waals surface area contributed by atoms with E-state index in [0.29, 0.717) is 13.1 Å². The second kappa shape index (κ2) is 6.27. The molecule has 0 heterocycles. The second-order valence-electron chi connectivity index (χ2n) is 3.57. The first kappa shape index (κ1) is 15.1. The van der Waals surface area contributed by atoms with Gasteiger partial charge in [0.1, 0.15) is 5.69 Å². The van der Waals surface area contributed by atoms with Gasteiger partial charge in [-0.1, -0.05) is 12.2 Å². The molecule has 0 bridgehead atoms. The molecule has 0 fully saturated rings. The summed E-state index contributed by atoms with van der Waals surface area (Å²) in [7, 11) is -3.97. The third-order valence-electron chi connectivity index (χ3n) is 2.21. The van der Waals surface area contributed by atoms with E-state index in [1.165, 1.54) is 12.1 Å². The number of hydrogen-bond donors (Lipinski definition) is 3. The summed E-state index contributed by atoms with van der Waals surface area (Å²) < 4.78 is 22.3. The maximum atomic E-state index is 11.1. The molecular weight excluding hydrogens is 272 g/mol. The Balaban J connectivity index is 3.06. The number of rotatable bonds is 6. The van der Waals surface area contributed by atoms with Gasteiger partial charge in [0.15, 0.2) is 0 Å². The highest BCUT2D eigenvalue weighted by molar-refractivity contribution is 7.89. The molecule has 0 aromatic heterocycles. The fourth-order valence-electron chi connectivity index (χ4n) is 1.34. The van der Waals surface area contributed by atoms with Crippen LogP contribution in [0.2, 0.25) is 0 Å². The van der Waals surface area contributed by atoms with Crippen molar-refractivity contribution in [2.24, 2.45) is 10.9 Å². The Morgan fingerprint density at radius 2 is 2.05 bits per heavy atom. The molecule has 0 aliphatic carbocycles. The zero-order valence-electron chi connectivity index (χ0n) is 9.94. The lowest BCUT2D eigenvalue weighted by atomic mass is 10.2. The van der Waals surface area contributed by atoms with Crippen LogP contribution < -0.4 is 16.2 Å². The highest BCUT2D eigenvalue weighted by atomic mass is 32.2. The molecule has 0 aliphatic rings. The predicted octanol–water partition coefficient (Wildman–Crippen LogP) is 0.169. The van der Waals surface area contributed by atoms with E-state index in [4.69, 9.17) is 10.9 Å². The molecule has 0 atom stereocenters. The fourth-order valence-corrected chi connectivity index (χ4v) is 1.87. The van der Waals surface area contributed by atoms with Crippen LogP contribution in [0.1, 0.15) is 0 Å². The molecule has 1 aromatic carbocycles. The lowest BCUT2D eigenvalue weighted by Gasteiger charge is -2.06. The number of primary sulfonamides is 1. The molecule has 19 heavy (non-hydrogen) atoms. The summed E-state index contributed by atoms with van der Waals surface area (Å²) in [5.41, 5.74) is 5.10. The van der Waals surface area contributed by atoms with Crippen molar-refractivity contribution in [1.29, 1.82) is 0 Å². The van der Waals surface area contributed by atoms with E-state index < -0.39 is 14.9 Å². The Morgan fingerprint density at radius 1 is 1.37 bits per heavy atom. The van der Waals surface area contributed by atoms with Crippen LogP contribution in [0, 0.1) is 10.1 Å². The first-order chi connectivity index (χ1) is 8.86. The van der Waals surface area contributed by atoms with E-state index in [0.717, 1.165) is 6.07 Å². The van der Waals surface area contributed by atoms with Crippen LogP contribution in [-0.2, 0) is 10.0 Å². The van der Waals surface area contributed by atoms with Crippen molar-refractivity contribution in [2.75, 3.05) is 18.4 Å². The van der Waals surface area contributed by atoms with Crippen molar-refractivity contribution in [3.05, 3.63) is 40.5 Å². The summed E-state index contributed by atoms with van der Waals surface area (Å²) in [6.45, 7) is 0.709. The molecular formula is C10H14N4O4S. The van der Waals surface area contributed by atoms with Crippen molar-refractivity contribution in [3.63, 3.8) is 0 Å². The predicted molar refractivity (Wildman–Crippen MR) is 71.2 cm³/mol. The maximum Gasteiger partial charge on any atom is 0.293 e. The number of sulfonamides is 1. The van der Waals surface area contributed by atoms with E-state index >= 15 is 0 Å². The van der Waals surface area contributed by atoms with Crippen molar-refractivity contribution in [2.45, 2.75) is 4.90 Å². The number of nitrogens with one attached hydrogen (secondary N) is 1. The monoisotopic (exact) mass is 286 g/mol. The van der Waals surface area contributed by atoms with Gasteiger partial charge >= 0.3 is 0 Å². The summed E-state index contributed by atoms with van der Waals surface area (Å²) in [5.74, 6) is 0. The van der Waals surface area contributed by atoms with Crippen molar-refractivity contribution < 1.29 is 13.3 Å². The number of nitro benzene ring substituents is 1. The average Bonchev–Trinajstić information content (AvgIpc) is 2.33. The maximum absolute atomic E-state index is 11.1. The minimum Gasteiger partial charge on any atom is -0.376 e. The van der Waals surface area contributed by atoms with Gasteiger partial charge in [0.2, 0.25) is 10.0 Å². The lowest BCUT2D eigenvalue weighted by molar-refractivity contribution is -0.384. The number of hydrogen-bond acceptors (Lipinski definition) is 6. The van der Waals surface area contributed by atoms with E-state index in [2.05, 4.69) is 5.32 Å². The van der Waals surface area contributed by atoms with Crippen LogP contribution in [0.25, 0.3) is 0 Å². The van der Waals surface area contributed by atoms with Gasteiger partial charge in [-0.2, -0.15) is 0 Å². The molecule has 0 saturated carbocycles. The Morgan fingerprint density at radius 3 is 2.58 bits per heavy atom. The van der Waals surface area contributed by atoms with Crippen LogP contribution in [0.15, 0.2) is 35.2 Å². The third kappa shape index (κ3) is 4.32. The highest BCUT2D eigenvalue weighted by Gasteiger charge is 2.18. The van der Waals surface area contributed by atoms with E-state index in [1.54, 1.807) is 12.2 Å². The number of nitrogens with zero attached hydrogens (tertiary/aromatic N) is 1. The zero-order chi connectivity index (χ0) is 14.5. The van der Waals surface area contributed by atoms with Crippen molar-refractivity contribution in [1.82, 2.24) is 0 Å². The molecule has 0 aliphatic heterocycles. The molecule has 1 aromatic rings. The Hall–Kier alpha value is -1.97. The third-order valence-corrected chi connectivity index (χ3v) is 3.12. The zero-order valence-corrected chi connectivity index (χ0v) is 10.8. The van der Waals surface area contributed by atoms with Gasteiger partial charge in [0.05, 0.1) is 9.82 Å².